The molecule has 0 radical (unpaired) electrons. The van der Waals surface area contributed by atoms with Crippen LogP contribution in [0.5, 0.6) is 11.5 Å². The van der Waals surface area contributed by atoms with Gasteiger partial charge in [-0.25, -0.2) is 0 Å². The van der Waals surface area contributed by atoms with Crippen molar-refractivity contribution in [1.82, 2.24) is 4.90 Å². The Hall–Kier alpha value is -2.87. The number of rotatable bonds is 7. The molecule has 1 aliphatic rings. The van der Waals surface area contributed by atoms with Gasteiger partial charge < -0.3 is 14.2 Å². The summed E-state index contributed by atoms with van der Waals surface area (Å²) in [7, 11) is 2.81. The lowest BCUT2D eigenvalue weighted by Gasteiger charge is -2.14. The van der Waals surface area contributed by atoms with Crippen LogP contribution >= 0.6 is 11.3 Å². The monoisotopic (exact) mass is 389 g/mol. The number of fused-ring (bicyclic) bond motifs is 1. The normalized spacial score (nSPS) is 12.9. The third-order valence-electron chi connectivity index (χ3n) is 4.22. The molecule has 0 bridgehead atoms. The summed E-state index contributed by atoms with van der Waals surface area (Å²) in [6, 6.07) is 5.39. The second kappa shape index (κ2) is 7.79. The molecule has 0 atom stereocenters. The fraction of sp³-hybridized carbons (Fsp3) is 0.316. The Morgan fingerprint density at radius 1 is 1.15 bits per heavy atom. The number of amides is 2. The zero-order valence-electron chi connectivity index (χ0n) is 15.2. The summed E-state index contributed by atoms with van der Waals surface area (Å²) in [6.45, 7) is 2.38. The Bertz CT molecular complexity index is 904. The summed E-state index contributed by atoms with van der Waals surface area (Å²) in [4.78, 5) is 38.4. The van der Waals surface area contributed by atoms with Gasteiger partial charge >= 0.3 is 5.97 Å². The second-order valence-electron chi connectivity index (χ2n) is 5.74. The van der Waals surface area contributed by atoms with Crippen LogP contribution in [0, 0.1) is 0 Å². The van der Waals surface area contributed by atoms with E-state index in [1.807, 2.05) is 13.0 Å². The van der Waals surface area contributed by atoms with E-state index in [2.05, 4.69) is 4.74 Å². The number of esters is 1. The molecule has 1 aromatic carbocycles. The van der Waals surface area contributed by atoms with Crippen LogP contribution in [-0.2, 0) is 9.53 Å². The van der Waals surface area contributed by atoms with E-state index >= 15 is 0 Å². The number of carbonyl (C=O) groups excluding carboxylic acids is 3. The van der Waals surface area contributed by atoms with Crippen molar-refractivity contribution >= 4 is 29.1 Å². The maximum atomic E-state index is 12.8. The summed E-state index contributed by atoms with van der Waals surface area (Å²) in [5, 5.41) is 1.67. The van der Waals surface area contributed by atoms with Crippen LogP contribution in [0.15, 0.2) is 23.6 Å². The van der Waals surface area contributed by atoms with Gasteiger partial charge in [-0.15, -0.1) is 11.3 Å². The van der Waals surface area contributed by atoms with Gasteiger partial charge in [-0.05, 0) is 30.7 Å². The second-order valence-corrected chi connectivity index (χ2v) is 6.62. The van der Waals surface area contributed by atoms with Crippen molar-refractivity contribution < 1.29 is 28.6 Å². The van der Waals surface area contributed by atoms with Crippen molar-refractivity contribution in [3.05, 3.63) is 34.7 Å². The molecule has 0 unspecified atom stereocenters. The number of ether oxygens (including phenoxy) is 3. The van der Waals surface area contributed by atoms with Crippen LogP contribution in [0.1, 0.15) is 34.1 Å². The van der Waals surface area contributed by atoms with Crippen molar-refractivity contribution in [2.45, 2.75) is 13.3 Å². The maximum Gasteiger partial charge on any atom is 0.307 e. The van der Waals surface area contributed by atoms with Gasteiger partial charge in [0.1, 0.15) is 0 Å². The number of nitrogens with zero attached hydrogens (tertiary/aromatic N) is 1. The highest BCUT2D eigenvalue weighted by Gasteiger charge is 2.39. The molecule has 8 heteroatoms. The van der Waals surface area contributed by atoms with Gasteiger partial charge in [-0.1, -0.05) is 0 Å². The molecule has 142 valence electrons. The lowest BCUT2D eigenvalue weighted by Crippen LogP contribution is -2.32. The third-order valence-corrected chi connectivity index (χ3v) is 5.25. The van der Waals surface area contributed by atoms with Crippen LogP contribution in [0.3, 0.4) is 0 Å². The molecule has 3 rings (SSSR count). The van der Waals surface area contributed by atoms with Crippen molar-refractivity contribution in [2.24, 2.45) is 0 Å². The summed E-state index contributed by atoms with van der Waals surface area (Å²) in [5.74, 6) is -0.0985. The number of carbonyl (C=O) groups is 3. The molecule has 0 aliphatic carbocycles. The Kier molecular flexibility index (Phi) is 5.46. The number of methoxy groups -OCH3 is 2. The largest absolute Gasteiger partial charge is 0.493 e. The van der Waals surface area contributed by atoms with Gasteiger partial charge in [-0.2, -0.15) is 0 Å². The van der Waals surface area contributed by atoms with E-state index in [0.29, 0.717) is 34.1 Å². The van der Waals surface area contributed by atoms with E-state index in [4.69, 9.17) is 9.47 Å². The average Bonchev–Trinajstić information content (AvgIpc) is 3.21. The predicted octanol–water partition coefficient (Wildman–Crippen LogP) is 2.98. The predicted molar refractivity (Wildman–Crippen MR) is 99.5 cm³/mol. The zero-order valence-corrected chi connectivity index (χ0v) is 16.1. The SMILES string of the molecule is CCOc1ccc(-c2scc3c2C(=O)N(CCC(=O)OC)C3=O)cc1OC. The van der Waals surface area contributed by atoms with E-state index in [-0.39, 0.29) is 18.9 Å². The van der Waals surface area contributed by atoms with E-state index in [0.717, 1.165) is 10.5 Å². The molecular formula is C19H19NO6S. The van der Waals surface area contributed by atoms with Gasteiger partial charge in [0.05, 0.1) is 38.4 Å². The standard InChI is InChI=1S/C19H19NO6S/c1-4-26-13-6-5-11(9-14(13)24-2)17-16-12(10-27-17)18(22)20(19(16)23)8-7-15(21)25-3/h5-6,9-10H,4,7-8H2,1-3H3. The minimum atomic E-state index is -0.471. The van der Waals surface area contributed by atoms with Crippen molar-refractivity contribution in [1.29, 1.82) is 0 Å². The molecule has 2 aromatic rings. The van der Waals surface area contributed by atoms with E-state index in [9.17, 15) is 14.4 Å². The fourth-order valence-corrected chi connectivity index (χ4v) is 3.94. The van der Waals surface area contributed by atoms with Gasteiger partial charge in [0.15, 0.2) is 11.5 Å². The van der Waals surface area contributed by atoms with Crippen LogP contribution < -0.4 is 9.47 Å². The zero-order chi connectivity index (χ0) is 19.6. The number of hydrogen-bond acceptors (Lipinski definition) is 7. The van der Waals surface area contributed by atoms with Gasteiger partial charge in [-0.3, -0.25) is 19.3 Å². The molecule has 7 nitrogen and oxygen atoms in total. The number of thiophene rings is 1. The van der Waals surface area contributed by atoms with Crippen molar-refractivity contribution in [3.8, 4) is 21.9 Å². The molecular weight excluding hydrogens is 370 g/mol. The molecule has 0 N–H and O–H groups in total. The minimum Gasteiger partial charge on any atom is -0.493 e. The van der Waals surface area contributed by atoms with Gasteiger partial charge in [0, 0.05) is 16.8 Å². The number of imide groups is 1. The topological polar surface area (TPSA) is 82.1 Å². The molecule has 0 fully saturated rings. The van der Waals surface area contributed by atoms with E-state index < -0.39 is 11.9 Å². The number of benzene rings is 1. The van der Waals surface area contributed by atoms with Crippen LogP contribution in [0.2, 0.25) is 0 Å². The summed E-state index contributed by atoms with van der Waals surface area (Å²) in [5.41, 5.74) is 1.48. The summed E-state index contributed by atoms with van der Waals surface area (Å²) >= 11 is 1.33. The summed E-state index contributed by atoms with van der Waals surface area (Å²) < 4.78 is 15.5. The molecule has 2 amide bonds. The molecule has 0 saturated heterocycles. The molecule has 27 heavy (non-hydrogen) atoms. The van der Waals surface area contributed by atoms with Gasteiger partial charge in [0.2, 0.25) is 0 Å². The third kappa shape index (κ3) is 3.40. The quantitative estimate of drug-likeness (QED) is 0.535. The Balaban J connectivity index is 1.93. The summed E-state index contributed by atoms with van der Waals surface area (Å²) in [6.07, 6.45) is -0.0338. The minimum absolute atomic E-state index is 0.00424. The number of hydrogen-bond donors (Lipinski definition) is 0. The van der Waals surface area contributed by atoms with Crippen molar-refractivity contribution in [2.75, 3.05) is 27.4 Å². The van der Waals surface area contributed by atoms with E-state index in [1.165, 1.54) is 18.4 Å². The highest BCUT2D eigenvalue weighted by molar-refractivity contribution is 7.14. The highest BCUT2D eigenvalue weighted by atomic mass is 32.1. The molecule has 1 aromatic heterocycles. The first-order valence-corrected chi connectivity index (χ1v) is 9.25. The fourth-order valence-electron chi connectivity index (χ4n) is 2.90. The molecule has 0 saturated carbocycles. The Morgan fingerprint density at radius 2 is 1.93 bits per heavy atom. The van der Waals surface area contributed by atoms with Crippen LogP contribution in [-0.4, -0.2) is 50.1 Å². The van der Waals surface area contributed by atoms with Crippen LogP contribution in [0.4, 0.5) is 0 Å². The first kappa shape index (κ1) is 18.9. The molecule has 0 spiro atoms. The lowest BCUT2D eigenvalue weighted by atomic mass is 10.1. The Labute approximate surface area is 160 Å². The first-order valence-electron chi connectivity index (χ1n) is 8.37. The molecule has 1 aliphatic heterocycles. The molecule has 2 heterocycles. The average molecular weight is 389 g/mol. The Morgan fingerprint density at radius 3 is 2.59 bits per heavy atom. The van der Waals surface area contributed by atoms with Gasteiger partial charge in [0.25, 0.3) is 11.8 Å². The highest BCUT2D eigenvalue weighted by Crippen LogP contribution is 2.41. The van der Waals surface area contributed by atoms with E-state index in [1.54, 1.807) is 24.6 Å². The maximum absolute atomic E-state index is 12.8. The smallest absolute Gasteiger partial charge is 0.307 e. The van der Waals surface area contributed by atoms with Crippen molar-refractivity contribution in [3.63, 3.8) is 0 Å². The van der Waals surface area contributed by atoms with Crippen LogP contribution in [0.25, 0.3) is 10.4 Å². The first-order chi connectivity index (χ1) is 13.0. The lowest BCUT2D eigenvalue weighted by molar-refractivity contribution is -0.140.